The predicted molar refractivity (Wildman–Crippen MR) is 120 cm³/mol. The van der Waals surface area contributed by atoms with E-state index in [1.54, 1.807) is 31.3 Å². The Morgan fingerprint density at radius 3 is 2.77 bits per heavy atom. The number of thiol groups is 1. The van der Waals surface area contributed by atoms with Gasteiger partial charge in [-0.3, -0.25) is 10.1 Å². The first-order valence-corrected chi connectivity index (χ1v) is 10.3. The maximum absolute atomic E-state index is 14.3. The quantitative estimate of drug-likeness (QED) is 0.404. The SMILES string of the molecule is CCCCCOc1ccc(N(S)C(=O)NC(=O)c2cc3cccnc3nc2C)cc1F. The number of aryl methyl sites for hydroxylation is 1. The minimum absolute atomic E-state index is 0.101. The molecular formula is C22H23FN4O3S. The summed E-state index contributed by atoms with van der Waals surface area (Å²) in [4.78, 5) is 33.5. The fraction of sp³-hybridized carbons (Fsp3) is 0.273. The molecule has 0 aliphatic heterocycles. The van der Waals surface area contributed by atoms with Gasteiger partial charge in [0, 0.05) is 17.6 Å². The van der Waals surface area contributed by atoms with Crippen molar-refractivity contribution < 1.29 is 18.7 Å². The number of rotatable bonds is 7. The number of benzene rings is 1. The summed E-state index contributed by atoms with van der Waals surface area (Å²) in [5.41, 5.74) is 1.33. The summed E-state index contributed by atoms with van der Waals surface area (Å²) in [5, 5.41) is 2.91. The highest BCUT2D eigenvalue weighted by Crippen LogP contribution is 2.25. The van der Waals surface area contributed by atoms with Gasteiger partial charge in [0.2, 0.25) is 0 Å². The lowest BCUT2D eigenvalue weighted by Crippen LogP contribution is -2.38. The molecule has 3 amide bonds. The summed E-state index contributed by atoms with van der Waals surface area (Å²) in [6.45, 7) is 4.14. The summed E-state index contributed by atoms with van der Waals surface area (Å²) < 4.78 is 20.6. The van der Waals surface area contributed by atoms with Crippen molar-refractivity contribution in [2.24, 2.45) is 0 Å². The molecule has 3 rings (SSSR count). The second-order valence-electron chi connectivity index (χ2n) is 6.91. The maximum Gasteiger partial charge on any atom is 0.338 e. The third-order valence-corrected chi connectivity index (χ3v) is 5.02. The Labute approximate surface area is 185 Å². The number of hydrogen-bond donors (Lipinski definition) is 2. The molecule has 7 nitrogen and oxygen atoms in total. The number of pyridine rings is 2. The van der Waals surface area contributed by atoms with E-state index < -0.39 is 17.8 Å². The van der Waals surface area contributed by atoms with Crippen LogP contribution in [0, 0.1) is 12.7 Å². The van der Waals surface area contributed by atoms with Crippen LogP contribution in [0.1, 0.15) is 42.2 Å². The Hall–Kier alpha value is -3.20. The van der Waals surface area contributed by atoms with Gasteiger partial charge in [-0.2, -0.15) is 0 Å². The summed E-state index contributed by atoms with van der Waals surface area (Å²) in [6, 6.07) is 8.33. The summed E-state index contributed by atoms with van der Waals surface area (Å²) in [5.74, 6) is -1.16. The number of nitrogens with zero attached hydrogens (tertiary/aromatic N) is 3. The van der Waals surface area contributed by atoms with E-state index in [1.807, 2.05) is 0 Å². The molecule has 0 spiro atoms. The summed E-state index contributed by atoms with van der Waals surface area (Å²) in [6.07, 6.45) is 4.48. The topological polar surface area (TPSA) is 84.4 Å². The van der Waals surface area contributed by atoms with E-state index in [4.69, 9.17) is 4.74 Å². The number of amides is 3. The van der Waals surface area contributed by atoms with Crippen LogP contribution in [0.5, 0.6) is 5.75 Å². The van der Waals surface area contributed by atoms with E-state index in [1.165, 1.54) is 12.1 Å². The lowest BCUT2D eigenvalue weighted by Gasteiger charge is -2.17. The van der Waals surface area contributed by atoms with Crippen LogP contribution in [0.15, 0.2) is 42.6 Å². The number of imide groups is 1. The molecule has 9 heteroatoms. The fourth-order valence-electron chi connectivity index (χ4n) is 2.93. The lowest BCUT2D eigenvalue weighted by atomic mass is 10.1. The molecule has 3 aromatic rings. The number of hydrogen-bond acceptors (Lipinski definition) is 6. The van der Waals surface area contributed by atoms with Crippen LogP contribution in [0.2, 0.25) is 0 Å². The van der Waals surface area contributed by atoms with E-state index in [0.717, 1.165) is 29.6 Å². The Bertz CT molecular complexity index is 1110. The standard InChI is InChI=1S/C22H23FN4O3S/c1-3-4-5-11-30-19-9-8-16(13-18(19)23)27(31)22(29)26-21(28)17-12-15-7-6-10-24-20(15)25-14(17)2/h6-10,12-13,31H,3-5,11H2,1-2H3,(H,26,28,29). The molecule has 0 unspecified atom stereocenters. The van der Waals surface area contributed by atoms with Crippen molar-refractivity contribution in [1.82, 2.24) is 15.3 Å². The minimum Gasteiger partial charge on any atom is -0.491 e. The molecule has 0 atom stereocenters. The number of aromatic nitrogens is 2. The van der Waals surface area contributed by atoms with Crippen molar-refractivity contribution in [2.45, 2.75) is 33.1 Å². The van der Waals surface area contributed by atoms with Crippen LogP contribution in [0.4, 0.5) is 14.9 Å². The Morgan fingerprint density at radius 1 is 1.23 bits per heavy atom. The van der Waals surface area contributed by atoms with Crippen molar-refractivity contribution in [1.29, 1.82) is 0 Å². The molecule has 2 aromatic heterocycles. The molecule has 2 heterocycles. The zero-order valence-electron chi connectivity index (χ0n) is 17.3. The third-order valence-electron chi connectivity index (χ3n) is 4.60. The molecule has 0 radical (unpaired) electrons. The zero-order valence-corrected chi connectivity index (χ0v) is 18.2. The molecule has 1 aromatic carbocycles. The van der Waals surface area contributed by atoms with Gasteiger partial charge < -0.3 is 4.74 Å². The smallest absolute Gasteiger partial charge is 0.338 e. The Morgan fingerprint density at radius 2 is 2.03 bits per heavy atom. The molecule has 0 aliphatic rings. The monoisotopic (exact) mass is 442 g/mol. The first kappa shape index (κ1) is 22.5. The number of anilines is 1. The number of fused-ring (bicyclic) bond motifs is 1. The van der Waals surface area contributed by atoms with Gasteiger partial charge >= 0.3 is 6.03 Å². The van der Waals surface area contributed by atoms with Gasteiger partial charge in [-0.05, 0) is 43.7 Å². The van der Waals surface area contributed by atoms with E-state index in [0.29, 0.717) is 23.3 Å². The van der Waals surface area contributed by atoms with Gasteiger partial charge in [0.1, 0.15) is 0 Å². The Kier molecular flexibility index (Phi) is 7.41. The molecule has 0 saturated heterocycles. The van der Waals surface area contributed by atoms with Crippen molar-refractivity contribution in [3.63, 3.8) is 0 Å². The molecule has 1 N–H and O–H groups in total. The molecule has 0 bridgehead atoms. The van der Waals surface area contributed by atoms with Crippen LogP contribution in [-0.4, -0.2) is 28.5 Å². The van der Waals surface area contributed by atoms with E-state index >= 15 is 0 Å². The number of halogens is 1. The number of ether oxygens (including phenoxy) is 1. The number of carbonyl (C=O) groups excluding carboxylic acids is 2. The van der Waals surface area contributed by atoms with Gasteiger partial charge in [0.25, 0.3) is 5.91 Å². The highest BCUT2D eigenvalue weighted by atomic mass is 32.1. The second-order valence-corrected chi connectivity index (χ2v) is 7.31. The number of carbonyl (C=O) groups is 2. The lowest BCUT2D eigenvalue weighted by molar-refractivity contribution is 0.0965. The van der Waals surface area contributed by atoms with Gasteiger partial charge in [-0.15, -0.1) is 0 Å². The van der Waals surface area contributed by atoms with Gasteiger partial charge in [-0.1, -0.05) is 32.6 Å². The average molecular weight is 443 g/mol. The summed E-state index contributed by atoms with van der Waals surface area (Å²) >= 11 is 4.10. The number of unbranched alkanes of at least 4 members (excludes halogenated alkanes) is 2. The van der Waals surface area contributed by atoms with Crippen LogP contribution in [0.3, 0.4) is 0 Å². The third kappa shape index (κ3) is 5.49. The van der Waals surface area contributed by atoms with Gasteiger partial charge in [-0.25, -0.2) is 23.5 Å². The maximum atomic E-state index is 14.3. The average Bonchev–Trinajstić information content (AvgIpc) is 2.76. The van der Waals surface area contributed by atoms with Crippen molar-refractivity contribution in [2.75, 3.05) is 10.9 Å². The normalized spacial score (nSPS) is 10.7. The number of nitrogens with one attached hydrogen (secondary N) is 1. The minimum atomic E-state index is -0.824. The first-order chi connectivity index (χ1) is 14.9. The van der Waals surface area contributed by atoms with E-state index in [9.17, 15) is 14.0 Å². The molecule has 31 heavy (non-hydrogen) atoms. The fourth-order valence-corrected chi connectivity index (χ4v) is 3.11. The Balaban J connectivity index is 1.68. The van der Waals surface area contributed by atoms with E-state index in [-0.39, 0.29) is 17.0 Å². The number of urea groups is 1. The molecule has 0 fully saturated rings. The van der Waals surface area contributed by atoms with Crippen molar-refractivity contribution in [3.05, 3.63) is 59.7 Å². The van der Waals surface area contributed by atoms with Gasteiger partial charge in [0.15, 0.2) is 17.2 Å². The highest BCUT2D eigenvalue weighted by Gasteiger charge is 2.20. The molecule has 0 aliphatic carbocycles. The van der Waals surface area contributed by atoms with Crippen molar-refractivity contribution >= 4 is 41.5 Å². The van der Waals surface area contributed by atoms with Crippen molar-refractivity contribution in [3.8, 4) is 5.75 Å². The summed E-state index contributed by atoms with van der Waals surface area (Å²) in [7, 11) is 0. The van der Waals surface area contributed by atoms with E-state index in [2.05, 4.69) is 35.0 Å². The first-order valence-electron chi connectivity index (χ1n) is 9.89. The van der Waals surface area contributed by atoms with Crippen LogP contribution < -0.4 is 14.4 Å². The molecule has 162 valence electrons. The molecule has 0 saturated carbocycles. The molecular weight excluding hydrogens is 419 g/mol. The van der Waals surface area contributed by atoms with Crippen LogP contribution in [0.25, 0.3) is 11.0 Å². The van der Waals surface area contributed by atoms with Gasteiger partial charge in [0.05, 0.1) is 23.6 Å². The zero-order chi connectivity index (χ0) is 22.4. The largest absolute Gasteiger partial charge is 0.491 e. The van der Waals surface area contributed by atoms with Crippen LogP contribution in [-0.2, 0) is 0 Å². The highest BCUT2D eigenvalue weighted by molar-refractivity contribution is 7.82. The van der Waals surface area contributed by atoms with Crippen LogP contribution >= 0.6 is 12.8 Å². The second kappa shape index (κ2) is 10.2. The predicted octanol–water partition coefficient (Wildman–Crippen LogP) is 4.85.